The molecule has 3 aromatic heterocycles. The van der Waals surface area contributed by atoms with Crippen LogP contribution < -0.4 is 5.32 Å². The standard InChI is InChI=1S/C21H18FN5S/c1-12-16-10-17(18-8-9-23-21(25-18)24-11-13-2-3-13)19(26-20(16)28-27-12)14-4-6-15(22)7-5-14/h4-10,13H,2-3,11H2,1H3,(H,23,24,25). The van der Waals surface area contributed by atoms with Gasteiger partial charge in [-0.15, -0.1) is 0 Å². The molecule has 140 valence electrons. The number of hydrogen-bond acceptors (Lipinski definition) is 6. The number of fused-ring (bicyclic) bond motifs is 1. The first-order valence-corrected chi connectivity index (χ1v) is 10.0. The fourth-order valence-corrected chi connectivity index (χ4v) is 3.92. The Morgan fingerprint density at radius 3 is 2.75 bits per heavy atom. The van der Waals surface area contributed by atoms with Gasteiger partial charge in [-0.2, -0.15) is 4.37 Å². The van der Waals surface area contributed by atoms with Gasteiger partial charge in [0.15, 0.2) is 0 Å². The summed E-state index contributed by atoms with van der Waals surface area (Å²) in [6.45, 7) is 2.88. The van der Waals surface area contributed by atoms with Gasteiger partial charge in [0.25, 0.3) is 0 Å². The maximum absolute atomic E-state index is 13.4. The Kier molecular flexibility index (Phi) is 4.24. The lowest BCUT2D eigenvalue weighted by Crippen LogP contribution is -2.07. The van der Waals surface area contributed by atoms with Crippen LogP contribution in [0.4, 0.5) is 10.3 Å². The number of pyridine rings is 1. The maximum atomic E-state index is 13.4. The third-order valence-corrected chi connectivity index (χ3v) is 5.79. The molecule has 5 rings (SSSR count). The van der Waals surface area contributed by atoms with Crippen molar-refractivity contribution in [3.05, 3.63) is 54.1 Å². The van der Waals surface area contributed by atoms with Gasteiger partial charge in [0.05, 0.1) is 17.1 Å². The summed E-state index contributed by atoms with van der Waals surface area (Å²) in [5, 5.41) is 4.34. The van der Waals surface area contributed by atoms with Gasteiger partial charge in [0.1, 0.15) is 10.6 Å². The molecule has 0 radical (unpaired) electrons. The van der Waals surface area contributed by atoms with E-state index in [1.54, 1.807) is 18.3 Å². The molecule has 0 saturated heterocycles. The van der Waals surface area contributed by atoms with Crippen molar-refractivity contribution in [1.29, 1.82) is 0 Å². The van der Waals surface area contributed by atoms with Gasteiger partial charge in [0.2, 0.25) is 5.95 Å². The second-order valence-corrected chi connectivity index (χ2v) is 7.85. The van der Waals surface area contributed by atoms with Crippen LogP contribution in [0.15, 0.2) is 42.6 Å². The molecule has 1 fully saturated rings. The Morgan fingerprint density at radius 1 is 1.14 bits per heavy atom. The van der Waals surface area contributed by atoms with Gasteiger partial charge < -0.3 is 5.32 Å². The number of nitrogens with zero attached hydrogens (tertiary/aromatic N) is 4. The Morgan fingerprint density at radius 2 is 1.96 bits per heavy atom. The number of nitrogens with one attached hydrogen (secondary N) is 1. The Hall–Kier alpha value is -2.93. The van der Waals surface area contributed by atoms with Gasteiger partial charge in [-0.25, -0.2) is 19.3 Å². The number of aryl methyl sites for hydroxylation is 1. The van der Waals surface area contributed by atoms with E-state index in [1.807, 2.05) is 13.0 Å². The van der Waals surface area contributed by atoms with Crippen LogP contribution in [0.25, 0.3) is 32.7 Å². The highest BCUT2D eigenvalue weighted by Gasteiger charge is 2.21. The largest absolute Gasteiger partial charge is 0.354 e. The van der Waals surface area contributed by atoms with E-state index in [9.17, 15) is 4.39 Å². The normalized spacial score (nSPS) is 13.8. The number of rotatable bonds is 5. The van der Waals surface area contributed by atoms with Crippen LogP contribution >= 0.6 is 11.5 Å². The third-order valence-electron chi connectivity index (χ3n) is 4.94. The number of halogens is 1. The van der Waals surface area contributed by atoms with E-state index in [2.05, 4.69) is 20.7 Å². The van der Waals surface area contributed by atoms with Crippen LogP contribution in [-0.2, 0) is 0 Å². The fourth-order valence-electron chi connectivity index (χ4n) is 3.16. The molecule has 0 unspecified atom stereocenters. The van der Waals surface area contributed by atoms with Crippen molar-refractivity contribution in [2.24, 2.45) is 5.92 Å². The minimum Gasteiger partial charge on any atom is -0.354 e. The summed E-state index contributed by atoms with van der Waals surface area (Å²) in [4.78, 5) is 14.8. The van der Waals surface area contributed by atoms with Crippen molar-refractivity contribution < 1.29 is 4.39 Å². The molecule has 1 aliphatic carbocycles. The molecule has 1 aromatic carbocycles. The molecule has 0 aliphatic heterocycles. The topological polar surface area (TPSA) is 63.6 Å². The molecular formula is C21H18FN5S. The van der Waals surface area contributed by atoms with Crippen LogP contribution in [0.3, 0.4) is 0 Å². The van der Waals surface area contributed by atoms with Crippen molar-refractivity contribution >= 4 is 27.7 Å². The number of aromatic nitrogens is 4. The second-order valence-electron chi connectivity index (χ2n) is 7.10. The van der Waals surface area contributed by atoms with Crippen molar-refractivity contribution in [2.75, 3.05) is 11.9 Å². The van der Waals surface area contributed by atoms with Crippen LogP contribution in [0.1, 0.15) is 18.5 Å². The van der Waals surface area contributed by atoms with Crippen molar-refractivity contribution in [1.82, 2.24) is 19.3 Å². The van der Waals surface area contributed by atoms with Crippen molar-refractivity contribution in [2.45, 2.75) is 19.8 Å². The molecule has 0 atom stereocenters. The minimum absolute atomic E-state index is 0.270. The molecule has 0 spiro atoms. The summed E-state index contributed by atoms with van der Waals surface area (Å²) in [6.07, 6.45) is 4.30. The van der Waals surface area contributed by atoms with E-state index >= 15 is 0 Å². The Labute approximate surface area is 165 Å². The second kappa shape index (κ2) is 6.91. The zero-order chi connectivity index (χ0) is 19.1. The van der Waals surface area contributed by atoms with Crippen molar-refractivity contribution in [3.8, 4) is 22.5 Å². The summed E-state index contributed by atoms with van der Waals surface area (Å²) in [6, 6.07) is 10.3. The highest BCUT2D eigenvalue weighted by molar-refractivity contribution is 7.12. The molecule has 4 aromatic rings. The predicted octanol–water partition coefficient (Wildman–Crippen LogP) is 5.08. The summed E-state index contributed by atoms with van der Waals surface area (Å²) in [5.41, 5.74) is 4.23. The monoisotopic (exact) mass is 391 g/mol. The minimum atomic E-state index is -0.270. The van der Waals surface area contributed by atoms with Gasteiger partial charge in [-0.05, 0) is 73.6 Å². The summed E-state index contributed by atoms with van der Waals surface area (Å²) in [5.74, 6) is 1.09. The highest BCUT2D eigenvalue weighted by atomic mass is 32.1. The molecule has 1 N–H and O–H groups in total. The van der Waals surface area contributed by atoms with Crippen molar-refractivity contribution in [3.63, 3.8) is 0 Å². The number of hydrogen-bond donors (Lipinski definition) is 1. The average Bonchev–Trinajstić information content (AvgIpc) is 3.49. The zero-order valence-electron chi connectivity index (χ0n) is 15.3. The first-order valence-electron chi connectivity index (χ1n) is 9.27. The lowest BCUT2D eigenvalue weighted by atomic mass is 10.0. The van der Waals surface area contributed by atoms with E-state index in [4.69, 9.17) is 9.97 Å². The van der Waals surface area contributed by atoms with E-state index in [0.29, 0.717) is 5.95 Å². The van der Waals surface area contributed by atoms with E-state index in [0.717, 1.165) is 50.9 Å². The van der Waals surface area contributed by atoms with Crippen LogP contribution in [0.2, 0.25) is 0 Å². The van der Waals surface area contributed by atoms with Crippen LogP contribution in [0, 0.1) is 18.7 Å². The molecular weight excluding hydrogens is 373 g/mol. The molecule has 1 saturated carbocycles. The highest BCUT2D eigenvalue weighted by Crippen LogP contribution is 2.35. The molecule has 7 heteroatoms. The van der Waals surface area contributed by atoms with Gasteiger partial charge in [-0.3, -0.25) is 0 Å². The quantitative estimate of drug-likeness (QED) is 0.514. The summed E-state index contributed by atoms with van der Waals surface area (Å²) < 4.78 is 17.9. The van der Waals surface area contributed by atoms with Gasteiger partial charge >= 0.3 is 0 Å². The summed E-state index contributed by atoms with van der Waals surface area (Å²) in [7, 11) is 0. The average molecular weight is 391 g/mol. The van der Waals surface area contributed by atoms with Crippen LogP contribution in [-0.4, -0.2) is 25.9 Å². The SMILES string of the molecule is Cc1nsc2nc(-c3ccc(F)cc3)c(-c3ccnc(NCC4CC4)n3)cc12. The van der Waals surface area contributed by atoms with Gasteiger partial charge in [0, 0.05) is 29.3 Å². The molecule has 5 nitrogen and oxygen atoms in total. The van der Waals surface area contributed by atoms with E-state index < -0.39 is 0 Å². The Balaban J connectivity index is 1.64. The fraction of sp³-hybridized carbons (Fsp3) is 0.238. The molecule has 28 heavy (non-hydrogen) atoms. The van der Waals surface area contributed by atoms with E-state index in [1.165, 1.54) is 36.5 Å². The number of anilines is 1. The zero-order valence-corrected chi connectivity index (χ0v) is 16.1. The van der Waals surface area contributed by atoms with E-state index in [-0.39, 0.29) is 5.82 Å². The molecule has 1 aliphatic rings. The third kappa shape index (κ3) is 3.33. The first-order chi connectivity index (χ1) is 13.7. The van der Waals surface area contributed by atoms with Crippen LogP contribution in [0.5, 0.6) is 0 Å². The first kappa shape index (κ1) is 17.2. The van der Waals surface area contributed by atoms with Gasteiger partial charge in [-0.1, -0.05) is 0 Å². The Bertz CT molecular complexity index is 1150. The number of benzene rings is 1. The molecule has 0 amide bonds. The predicted molar refractivity (Wildman–Crippen MR) is 110 cm³/mol. The smallest absolute Gasteiger partial charge is 0.223 e. The molecule has 0 bridgehead atoms. The molecule has 3 heterocycles. The lowest BCUT2D eigenvalue weighted by Gasteiger charge is -2.11. The summed E-state index contributed by atoms with van der Waals surface area (Å²) >= 11 is 1.37. The maximum Gasteiger partial charge on any atom is 0.223 e. The lowest BCUT2D eigenvalue weighted by molar-refractivity contribution is 0.628.